The number of guanidine groups is 1. The average molecular weight is 559 g/mol. The topological polar surface area (TPSA) is 86.4 Å². The molecule has 3 rings (SSSR count). The summed E-state index contributed by atoms with van der Waals surface area (Å²) in [6, 6.07) is 8.75. The summed E-state index contributed by atoms with van der Waals surface area (Å²) in [5.41, 5.74) is 8.73. The minimum absolute atomic E-state index is 0. The van der Waals surface area contributed by atoms with Crippen LogP contribution in [0.4, 0.5) is 4.79 Å². The van der Waals surface area contributed by atoms with Gasteiger partial charge in [0, 0.05) is 51.9 Å². The molecule has 2 aliphatic rings. The number of aliphatic imine (C=N–C) groups is 1. The van der Waals surface area contributed by atoms with Crippen LogP contribution in [-0.2, 0) is 17.8 Å². The maximum Gasteiger partial charge on any atom is 0.409 e. The number of benzene rings is 1. The van der Waals surface area contributed by atoms with Crippen LogP contribution in [0.5, 0.6) is 0 Å². The van der Waals surface area contributed by atoms with Crippen molar-refractivity contribution in [2.45, 2.75) is 45.8 Å². The molecule has 3 N–H and O–H groups in total. The van der Waals surface area contributed by atoms with Gasteiger partial charge in [-0.15, -0.1) is 24.0 Å². The molecule has 8 nitrogen and oxygen atoms in total. The van der Waals surface area contributed by atoms with Crippen molar-refractivity contribution in [3.8, 4) is 0 Å². The molecule has 1 aromatic carbocycles. The van der Waals surface area contributed by atoms with Crippen LogP contribution in [0, 0.1) is 0 Å². The second kappa shape index (κ2) is 13.8. The number of carbonyl (C=O) groups excluding carboxylic acids is 1. The van der Waals surface area contributed by atoms with E-state index in [9.17, 15) is 4.79 Å². The summed E-state index contributed by atoms with van der Waals surface area (Å²) in [4.78, 5) is 23.2. The summed E-state index contributed by atoms with van der Waals surface area (Å²) in [7, 11) is 0. The van der Waals surface area contributed by atoms with Crippen LogP contribution < -0.4 is 11.1 Å². The molecule has 0 atom stereocenters. The molecule has 0 spiro atoms. The monoisotopic (exact) mass is 558 g/mol. The van der Waals surface area contributed by atoms with E-state index in [2.05, 4.69) is 51.3 Å². The van der Waals surface area contributed by atoms with Crippen LogP contribution >= 0.6 is 24.0 Å². The minimum Gasteiger partial charge on any atom is -0.450 e. The first kappa shape index (κ1) is 26.7. The zero-order valence-corrected chi connectivity index (χ0v) is 21.8. The molecule has 0 bridgehead atoms. The van der Waals surface area contributed by atoms with Crippen LogP contribution in [0.25, 0.3) is 0 Å². The Bertz CT molecular complexity index is 731. The van der Waals surface area contributed by atoms with Gasteiger partial charge in [-0.25, -0.2) is 9.79 Å². The number of likely N-dealkylation sites (N-methyl/N-ethyl adjacent to an activating group) is 1. The molecule has 2 saturated heterocycles. The highest BCUT2D eigenvalue weighted by Crippen LogP contribution is 2.15. The third kappa shape index (κ3) is 8.08. The van der Waals surface area contributed by atoms with E-state index in [1.165, 1.54) is 11.1 Å². The molecular formula is C23H39IN6O2. The molecule has 9 heteroatoms. The number of nitrogens with two attached hydrogens (primary N) is 1. The Kier molecular flexibility index (Phi) is 11.5. The molecule has 2 aliphatic heterocycles. The summed E-state index contributed by atoms with van der Waals surface area (Å²) >= 11 is 0. The summed E-state index contributed by atoms with van der Waals surface area (Å²) in [6.45, 7) is 13.0. The van der Waals surface area contributed by atoms with E-state index in [0.717, 1.165) is 52.1 Å². The Morgan fingerprint density at radius 3 is 2.31 bits per heavy atom. The second-order valence-electron chi connectivity index (χ2n) is 8.29. The van der Waals surface area contributed by atoms with E-state index in [0.29, 0.717) is 32.2 Å². The van der Waals surface area contributed by atoms with E-state index in [1.807, 2.05) is 6.92 Å². The second-order valence-corrected chi connectivity index (χ2v) is 8.29. The quantitative estimate of drug-likeness (QED) is 0.304. The molecule has 0 aromatic heterocycles. The van der Waals surface area contributed by atoms with Gasteiger partial charge in [-0.1, -0.05) is 31.2 Å². The van der Waals surface area contributed by atoms with E-state index in [1.54, 1.807) is 4.90 Å². The van der Waals surface area contributed by atoms with E-state index < -0.39 is 0 Å². The van der Waals surface area contributed by atoms with Gasteiger partial charge in [0.2, 0.25) is 0 Å². The summed E-state index contributed by atoms with van der Waals surface area (Å²) in [5, 5.41) is 3.33. The third-order valence-corrected chi connectivity index (χ3v) is 6.22. The largest absolute Gasteiger partial charge is 0.450 e. The van der Waals surface area contributed by atoms with Gasteiger partial charge in [0.05, 0.1) is 13.2 Å². The smallest absolute Gasteiger partial charge is 0.409 e. The number of rotatable bonds is 7. The first-order valence-electron chi connectivity index (χ1n) is 11.6. The van der Waals surface area contributed by atoms with Gasteiger partial charge in [-0.3, -0.25) is 4.90 Å². The van der Waals surface area contributed by atoms with Crippen molar-refractivity contribution >= 4 is 36.0 Å². The van der Waals surface area contributed by atoms with Gasteiger partial charge in [0.15, 0.2) is 5.96 Å². The summed E-state index contributed by atoms with van der Waals surface area (Å²) in [5.74, 6) is 0.473. The standard InChI is InChI=1S/C23H38N6O2.HI/c1-3-27-13-15-28(16-14-27)18-20-8-6-5-7-19(20)17-25-22(24)26-21-9-11-29(12-10-21)23(30)31-4-2;/h5-8,21H,3-4,9-18H2,1-2H3,(H3,24,25,26);1H. The number of halogens is 1. The summed E-state index contributed by atoms with van der Waals surface area (Å²) < 4.78 is 5.07. The SMILES string of the molecule is CCOC(=O)N1CCC(NC(N)=NCc2ccccc2CN2CCN(CC)CC2)CC1.I. The molecule has 0 unspecified atom stereocenters. The Morgan fingerprint density at radius 1 is 1.06 bits per heavy atom. The fraction of sp³-hybridized carbons (Fsp3) is 0.652. The zero-order valence-electron chi connectivity index (χ0n) is 19.5. The molecule has 0 radical (unpaired) electrons. The lowest BCUT2D eigenvalue weighted by Crippen LogP contribution is -2.48. The molecule has 2 heterocycles. The van der Waals surface area contributed by atoms with Gasteiger partial charge in [-0.2, -0.15) is 0 Å². The Balaban J connectivity index is 0.00000363. The highest BCUT2D eigenvalue weighted by molar-refractivity contribution is 14.0. The number of piperazine rings is 1. The van der Waals surface area contributed by atoms with Crippen molar-refractivity contribution in [2.75, 3.05) is 52.4 Å². The molecule has 1 amide bonds. The first-order valence-corrected chi connectivity index (χ1v) is 11.6. The maximum atomic E-state index is 11.8. The van der Waals surface area contributed by atoms with Crippen molar-refractivity contribution in [3.63, 3.8) is 0 Å². The van der Waals surface area contributed by atoms with E-state index in [-0.39, 0.29) is 36.1 Å². The highest BCUT2D eigenvalue weighted by atomic mass is 127. The fourth-order valence-corrected chi connectivity index (χ4v) is 4.22. The lowest BCUT2D eigenvalue weighted by Gasteiger charge is -2.34. The molecule has 1 aromatic rings. The van der Waals surface area contributed by atoms with Gasteiger partial charge < -0.3 is 25.6 Å². The summed E-state index contributed by atoms with van der Waals surface area (Å²) in [6.07, 6.45) is 1.46. The molecule has 0 saturated carbocycles. The number of nitrogens with zero attached hydrogens (tertiary/aromatic N) is 4. The van der Waals surface area contributed by atoms with Crippen LogP contribution in [0.3, 0.4) is 0 Å². The molecular weight excluding hydrogens is 519 g/mol. The lowest BCUT2D eigenvalue weighted by atomic mass is 10.1. The van der Waals surface area contributed by atoms with Crippen molar-refractivity contribution in [2.24, 2.45) is 10.7 Å². The number of carbonyl (C=O) groups is 1. The molecule has 0 aliphatic carbocycles. The average Bonchev–Trinajstić information content (AvgIpc) is 2.79. The van der Waals surface area contributed by atoms with Crippen LogP contribution in [0.2, 0.25) is 0 Å². The third-order valence-electron chi connectivity index (χ3n) is 6.22. The van der Waals surface area contributed by atoms with Gasteiger partial charge >= 0.3 is 6.09 Å². The Morgan fingerprint density at radius 2 is 1.69 bits per heavy atom. The number of piperidine rings is 1. The Hall–Kier alpha value is -1.59. The van der Waals surface area contributed by atoms with Crippen molar-refractivity contribution in [3.05, 3.63) is 35.4 Å². The lowest BCUT2D eigenvalue weighted by molar-refractivity contribution is 0.0963. The number of hydrogen-bond donors (Lipinski definition) is 2. The number of likely N-dealkylation sites (tertiary alicyclic amines) is 1. The van der Waals surface area contributed by atoms with Gasteiger partial charge in [0.1, 0.15) is 0 Å². The Labute approximate surface area is 209 Å². The zero-order chi connectivity index (χ0) is 22.1. The van der Waals surface area contributed by atoms with E-state index in [4.69, 9.17) is 10.5 Å². The van der Waals surface area contributed by atoms with E-state index >= 15 is 0 Å². The molecule has 2 fully saturated rings. The predicted molar refractivity (Wildman–Crippen MR) is 139 cm³/mol. The van der Waals surface area contributed by atoms with Crippen LogP contribution in [-0.4, -0.2) is 85.2 Å². The van der Waals surface area contributed by atoms with Gasteiger partial charge in [-0.05, 0) is 37.4 Å². The number of hydrogen-bond acceptors (Lipinski definition) is 5. The maximum absolute atomic E-state index is 11.8. The van der Waals surface area contributed by atoms with Crippen molar-refractivity contribution in [1.29, 1.82) is 0 Å². The van der Waals surface area contributed by atoms with Crippen molar-refractivity contribution < 1.29 is 9.53 Å². The highest BCUT2D eigenvalue weighted by Gasteiger charge is 2.23. The normalized spacial score (nSPS) is 18.8. The minimum atomic E-state index is -0.227. The predicted octanol–water partition coefficient (Wildman–Crippen LogP) is 2.47. The number of nitrogens with one attached hydrogen (secondary N) is 1. The number of amides is 1. The van der Waals surface area contributed by atoms with Crippen LogP contribution in [0.15, 0.2) is 29.3 Å². The van der Waals surface area contributed by atoms with Crippen molar-refractivity contribution in [1.82, 2.24) is 20.0 Å². The van der Waals surface area contributed by atoms with Gasteiger partial charge in [0.25, 0.3) is 0 Å². The van der Waals surface area contributed by atoms with Crippen LogP contribution in [0.1, 0.15) is 37.8 Å². The molecule has 180 valence electrons. The number of ether oxygens (including phenoxy) is 1. The fourth-order valence-electron chi connectivity index (χ4n) is 4.22. The molecule has 32 heavy (non-hydrogen) atoms. The first-order chi connectivity index (χ1) is 15.1.